The standard InChI is InChI=1S/C7H13F3O6/c8-7(9,10)6(16)5(15)4(14)3(13)2(12)1-11/h2-6,11-16H,1H2/t2-,3-,4+,5-,6?/m1/s1. The molecule has 0 aliphatic carbocycles. The lowest BCUT2D eigenvalue weighted by atomic mass is 9.99. The molecule has 0 aliphatic rings. The van der Waals surface area contributed by atoms with Crippen molar-refractivity contribution in [3.05, 3.63) is 0 Å². The molecule has 0 aromatic rings. The summed E-state index contributed by atoms with van der Waals surface area (Å²) in [6.45, 7) is -1.02. The summed E-state index contributed by atoms with van der Waals surface area (Å²) in [7, 11) is 0. The van der Waals surface area contributed by atoms with Crippen LogP contribution in [0.1, 0.15) is 0 Å². The van der Waals surface area contributed by atoms with Crippen LogP contribution in [-0.4, -0.2) is 73.9 Å². The predicted octanol–water partition coefficient (Wildman–Crippen LogP) is -2.65. The van der Waals surface area contributed by atoms with Crippen LogP contribution in [-0.2, 0) is 0 Å². The Bertz CT molecular complexity index is 211. The van der Waals surface area contributed by atoms with E-state index in [-0.39, 0.29) is 0 Å². The highest BCUT2D eigenvalue weighted by Crippen LogP contribution is 2.24. The number of halogens is 3. The smallest absolute Gasteiger partial charge is 0.394 e. The van der Waals surface area contributed by atoms with Gasteiger partial charge < -0.3 is 30.6 Å². The Morgan fingerprint density at radius 3 is 1.56 bits per heavy atom. The van der Waals surface area contributed by atoms with E-state index in [1.807, 2.05) is 0 Å². The van der Waals surface area contributed by atoms with Crippen LogP contribution >= 0.6 is 0 Å². The van der Waals surface area contributed by atoms with Gasteiger partial charge in [0.1, 0.15) is 24.4 Å². The molecule has 0 aromatic carbocycles. The minimum absolute atomic E-state index is 1.02. The summed E-state index contributed by atoms with van der Waals surface area (Å²) >= 11 is 0. The molecule has 0 amide bonds. The third-order valence-electron chi connectivity index (χ3n) is 1.94. The quantitative estimate of drug-likeness (QED) is 0.317. The number of aliphatic hydroxyl groups is 6. The van der Waals surface area contributed by atoms with Gasteiger partial charge in [0.2, 0.25) is 0 Å². The molecule has 0 aromatic heterocycles. The zero-order chi connectivity index (χ0) is 13.1. The van der Waals surface area contributed by atoms with Crippen molar-refractivity contribution in [3.63, 3.8) is 0 Å². The van der Waals surface area contributed by atoms with E-state index in [9.17, 15) is 13.2 Å². The minimum atomic E-state index is -5.18. The molecule has 0 aliphatic heterocycles. The van der Waals surface area contributed by atoms with Crippen molar-refractivity contribution in [2.45, 2.75) is 36.7 Å². The first-order chi connectivity index (χ1) is 7.12. The van der Waals surface area contributed by atoms with Crippen LogP contribution in [0.4, 0.5) is 13.2 Å². The largest absolute Gasteiger partial charge is 0.417 e. The highest BCUT2D eigenvalue weighted by atomic mass is 19.4. The van der Waals surface area contributed by atoms with Crippen LogP contribution in [0.15, 0.2) is 0 Å². The monoisotopic (exact) mass is 250 g/mol. The number of aliphatic hydroxyl groups excluding tert-OH is 6. The maximum Gasteiger partial charge on any atom is 0.417 e. The molecule has 0 rings (SSSR count). The average Bonchev–Trinajstić information content (AvgIpc) is 2.22. The first-order valence-corrected chi connectivity index (χ1v) is 4.20. The van der Waals surface area contributed by atoms with Gasteiger partial charge in [-0.1, -0.05) is 0 Å². The Morgan fingerprint density at radius 2 is 1.25 bits per heavy atom. The van der Waals surface area contributed by atoms with E-state index in [0.29, 0.717) is 0 Å². The van der Waals surface area contributed by atoms with Gasteiger partial charge in [-0.05, 0) is 0 Å². The van der Waals surface area contributed by atoms with Gasteiger partial charge >= 0.3 is 6.18 Å². The van der Waals surface area contributed by atoms with Gasteiger partial charge in [0.15, 0.2) is 6.10 Å². The van der Waals surface area contributed by atoms with Crippen molar-refractivity contribution in [2.75, 3.05) is 6.61 Å². The molecule has 9 heteroatoms. The molecule has 0 fully saturated rings. The van der Waals surface area contributed by atoms with Gasteiger partial charge in [-0.25, -0.2) is 0 Å². The van der Waals surface area contributed by atoms with Crippen LogP contribution < -0.4 is 0 Å². The van der Waals surface area contributed by atoms with E-state index < -0.39 is 43.3 Å². The topological polar surface area (TPSA) is 121 Å². The molecule has 6 N–H and O–H groups in total. The molecule has 0 saturated heterocycles. The molecule has 0 heterocycles. The van der Waals surface area contributed by atoms with Crippen LogP contribution in [0.5, 0.6) is 0 Å². The van der Waals surface area contributed by atoms with Gasteiger partial charge in [0.05, 0.1) is 6.61 Å². The highest BCUT2D eigenvalue weighted by molar-refractivity contribution is 4.87. The maximum absolute atomic E-state index is 11.9. The molecular formula is C7H13F3O6. The molecular weight excluding hydrogens is 237 g/mol. The van der Waals surface area contributed by atoms with Crippen molar-refractivity contribution in [3.8, 4) is 0 Å². The van der Waals surface area contributed by atoms with Gasteiger partial charge in [0.25, 0.3) is 0 Å². The van der Waals surface area contributed by atoms with E-state index in [0.717, 1.165) is 0 Å². The van der Waals surface area contributed by atoms with Crippen LogP contribution in [0, 0.1) is 0 Å². The average molecular weight is 250 g/mol. The lowest BCUT2D eigenvalue weighted by Gasteiger charge is -2.29. The molecule has 0 spiro atoms. The van der Waals surface area contributed by atoms with Crippen molar-refractivity contribution >= 4 is 0 Å². The van der Waals surface area contributed by atoms with E-state index in [1.54, 1.807) is 0 Å². The highest BCUT2D eigenvalue weighted by Gasteiger charge is 2.47. The summed E-state index contributed by atoms with van der Waals surface area (Å²) in [4.78, 5) is 0. The third kappa shape index (κ3) is 3.85. The molecule has 98 valence electrons. The number of hydrogen-bond donors (Lipinski definition) is 6. The molecule has 0 bridgehead atoms. The maximum atomic E-state index is 11.9. The van der Waals surface area contributed by atoms with Crippen molar-refractivity contribution in [1.82, 2.24) is 0 Å². The third-order valence-corrected chi connectivity index (χ3v) is 1.94. The summed E-state index contributed by atoms with van der Waals surface area (Å²) in [6.07, 6.45) is -17.7. The Kier molecular flexibility index (Phi) is 5.59. The molecule has 16 heavy (non-hydrogen) atoms. The lowest BCUT2D eigenvalue weighted by Crippen LogP contribution is -2.53. The molecule has 5 atom stereocenters. The summed E-state index contributed by atoms with van der Waals surface area (Å²) in [5.41, 5.74) is 0. The Balaban J connectivity index is 4.55. The zero-order valence-electron chi connectivity index (χ0n) is 7.91. The van der Waals surface area contributed by atoms with E-state index in [4.69, 9.17) is 30.6 Å². The lowest BCUT2D eigenvalue weighted by molar-refractivity contribution is -0.250. The van der Waals surface area contributed by atoms with E-state index in [1.165, 1.54) is 0 Å². The fraction of sp³-hybridized carbons (Fsp3) is 1.00. The summed E-state index contributed by atoms with van der Waals surface area (Å²) in [6, 6.07) is 0. The van der Waals surface area contributed by atoms with Crippen LogP contribution in [0.2, 0.25) is 0 Å². The second kappa shape index (κ2) is 5.75. The number of hydrogen-bond acceptors (Lipinski definition) is 6. The second-order valence-corrected chi connectivity index (χ2v) is 3.21. The Hall–Kier alpha value is -0.450. The van der Waals surface area contributed by atoms with Crippen LogP contribution in [0.3, 0.4) is 0 Å². The van der Waals surface area contributed by atoms with Gasteiger partial charge in [0, 0.05) is 0 Å². The van der Waals surface area contributed by atoms with Crippen molar-refractivity contribution in [2.24, 2.45) is 0 Å². The van der Waals surface area contributed by atoms with Gasteiger partial charge in [-0.3, -0.25) is 0 Å². The normalized spacial score (nSPS) is 22.3. The number of rotatable bonds is 5. The first kappa shape index (κ1) is 15.6. The van der Waals surface area contributed by atoms with Crippen molar-refractivity contribution in [1.29, 1.82) is 0 Å². The Morgan fingerprint density at radius 1 is 0.812 bits per heavy atom. The number of alkyl halides is 3. The second-order valence-electron chi connectivity index (χ2n) is 3.21. The zero-order valence-corrected chi connectivity index (χ0v) is 7.91. The minimum Gasteiger partial charge on any atom is -0.394 e. The van der Waals surface area contributed by atoms with E-state index >= 15 is 0 Å². The first-order valence-electron chi connectivity index (χ1n) is 4.20. The summed E-state index contributed by atoms with van der Waals surface area (Å²) in [5.74, 6) is 0. The SMILES string of the molecule is OC[C@@H](O)[C@@H](O)[C@H](O)[C@@H](O)C(O)C(F)(F)F. The molecule has 0 saturated carbocycles. The van der Waals surface area contributed by atoms with Gasteiger partial charge in [-0.2, -0.15) is 13.2 Å². The fourth-order valence-corrected chi connectivity index (χ4v) is 0.918. The molecule has 1 unspecified atom stereocenters. The van der Waals surface area contributed by atoms with Gasteiger partial charge in [-0.15, -0.1) is 0 Å². The summed E-state index contributed by atoms with van der Waals surface area (Å²) < 4.78 is 35.7. The predicted molar refractivity (Wildman–Crippen MR) is 43.2 cm³/mol. The fourth-order valence-electron chi connectivity index (χ4n) is 0.918. The van der Waals surface area contributed by atoms with Crippen molar-refractivity contribution < 1.29 is 43.8 Å². The Labute approximate surface area is 88.2 Å². The molecule has 6 nitrogen and oxygen atoms in total. The summed E-state index contributed by atoms with van der Waals surface area (Å²) in [5, 5.41) is 52.5. The van der Waals surface area contributed by atoms with Crippen LogP contribution in [0.25, 0.3) is 0 Å². The molecule has 0 radical (unpaired) electrons. The van der Waals surface area contributed by atoms with E-state index in [2.05, 4.69) is 0 Å².